The predicted molar refractivity (Wildman–Crippen MR) is 170 cm³/mol. The quantitative estimate of drug-likeness (QED) is 0.157. The van der Waals surface area contributed by atoms with Crippen LogP contribution < -0.4 is 0 Å². The Bertz CT molecular complexity index is 1470. The van der Waals surface area contributed by atoms with Gasteiger partial charge in [0.15, 0.2) is 5.78 Å². The minimum Gasteiger partial charge on any atom is -0.294 e. The van der Waals surface area contributed by atoms with Crippen LogP contribution in [0.4, 0.5) is 0 Å². The lowest BCUT2D eigenvalue weighted by Gasteiger charge is -2.25. The van der Waals surface area contributed by atoms with Gasteiger partial charge in [0.25, 0.3) is 0 Å². The summed E-state index contributed by atoms with van der Waals surface area (Å²) in [5.74, 6) is 1.22. The minimum atomic E-state index is 0.173. The van der Waals surface area contributed by atoms with E-state index in [1.807, 2.05) is 12.1 Å². The van der Waals surface area contributed by atoms with Gasteiger partial charge in [-0.1, -0.05) is 136 Å². The zero-order valence-electron chi connectivity index (χ0n) is 23.9. The minimum absolute atomic E-state index is 0.173. The summed E-state index contributed by atoms with van der Waals surface area (Å²) in [5, 5.41) is 0. The molecule has 0 radical (unpaired) electrons. The molecule has 4 aromatic rings. The average Bonchev–Trinajstić information content (AvgIpc) is 3.00. The van der Waals surface area contributed by atoms with Gasteiger partial charge >= 0.3 is 0 Å². The Balaban J connectivity index is 1.45. The van der Waals surface area contributed by atoms with Gasteiger partial charge in [0, 0.05) is 11.5 Å². The van der Waals surface area contributed by atoms with E-state index in [2.05, 4.69) is 117 Å². The smallest absolute Gasteiger partial charge is 0.165 e. The number of ketones is 1. The summed E-state index contributed by atoms with van der Waals surface area (Å²) in [5.41, 5.74) is 10.5. The Morgan fingerprint density at radius 1 is 0.775 bits per heavy atom. The van der Waals surface area contributed by atoms with E-state index < -0.39 is 0 Å². The lowest BCUT2D eigenvalue weighted by molar-refractivity contribution is 0.0875. The van der Waals surface area contributed by atoms with Gasteiger partial charge < -0.3 is 0 Å². The van der Waals surface area contributed by atoms with Gasteiger partial charge in [-0.15, -0.1) is 0 Å². The number of Topliss-reactive ketones (excluding diaryl/α,β-unsaturated/α-hetero) is 1. The first-order valence-corrected chi connectivity index (χ1v) is 14.7. The highest BCUT2D eigenvalue weighted by Crippen LogP contribution is 2.36. The Morgan fingerprint density at radius 2 is 1.40 bits per heavy atom. The first-order valence-electron chi connectivity index (χ1n) is 14.7. The van der Waals surface area contributed by atoms with Crippen LogP contribution >= 0.6 is 0 Å². The zero-order valence-corrected chi connectivity index (χ0v) is 23.9. The van der Waals surface area contributed by atoms with E-state index >= 15 is 0 Å². The van der Waals surface area contributed by atoms with Gasteiger partial charge in [-0.2, -0.15) is 0 Å². The van der Waals surface area contributed by atoms with Crippen molar-refractivity contribution >= 4 is 16.9 Å². The molecular formula is C39H40O. The molecule has 5 rings (SSSR count). The highest BCUT2D eigenvalue weighted by molar-refractivity contribution is 5.98. The Kier molecular flexibility index (Phi) is 8.91. The first kappa shape index (κ1) is 27.6. The summed E-state index contributed by atoms with van der Waals surface area (Å²) in [6, 6.07) is 36.0. The van der Waals surface area contributed by atoms with Crippen molar-refractivity contribution in [2.45, 2.75) is 52.4 Å². The molecule has 1 nitrogen and oxygen atoms in total. The second-order valence-corrected chi connectivity index (χ2v) is 11.4. The molecule has 0 aromatic heterocycles. The third-order valence-electron chi connectivity index (χ3n) is 8.48. The molecule has 1 aliphatic carbocycles. The van der Waals surface area contributed by atoms with Crippen LogP contribution in [0.1, 0.15) is 71.6 Å². The maximum absolute atomic E-state index is 13.1. The van der Waals surface area contributed by atoms with E-state index in [-0.39, 0.29) is 5.92 Å². The van der Waals surface area contributed by atoms with Crippen molar-refractivity contribution < 1.29 is 4.79 Å². The Labute approximate surface area is 240 Å². The summed E-state index contributed by atoms with van der Waals surface area (Å²) in [7, 11) is 0. The summed E-state index contributed by atoms with van der Waals surface area (Å²) < 4.78 is 0. The Hall–Kier alpha value is -3.97. The number of carbonyl (C=O) groups is 1. The highest BCUT2D eigenvalue weighted by Gasteiger charge is 2.25. The van der Waals surface area contributed by atoms with Gasteiger partial charge in [0.05, 0.1) is 0 Å². The molecule has 0 heterocycles. The fraction of sp³-hybridized carbons (Fsp3) is 0.256. The second kappa shape index (κ2) is 12.9. The molecule has 0 amide bonds. The highest BCUT2D eigenvalue weighted by atomic mass is 16.1. The first-order chi connectivity index (χ1) is 19.5. The van der Waals surface area contributed by atoms with Crippen LogP contribution in [-0.2, 0) is 6.42 Å². The van der Waals surface area contributed by atoms with Crippen molar-refractivity contribution in [1.82, 2.24) is 0 Å². The Morgan fingerprint density at radius 3 is 2.08 bits per heavy atom. The normalized spacial score (nSPS) is 17.4. The van der Waals surface area contributed by atoms with E-state index in [0.29, 0.717) is 5.78 Å². The number of allylic oxidation sites excluding steroid dienone is 3. The van der Waals surface area contributed by atoms with Crippen molar-refractivity contribution in [3.63, 3.8) is 0 Å². The largest absolute Gasteiger partial charge is 0.294 e. The van der Waals surface area contributed by atoms with Crippen LogP contribution in [0, 0.1) is 18.8 Å². The van der Waals surface area contributed by atoms with Gasteiger partial charge in [0.2, 0.25) is 0 Å². The third-order valence-corrected chi connectivity index (χ3v) is 8.48. The molecular weight excluding hydrogens is 484 g/mol. The standard InChI is InChI=1S/C39H40O/c1-28-17-20-34(21-18-28)39(40)35-25-23-32(24-26-35)30(3)27-36(22-19-31-12-6-4-7-13-31)38-29(2)11-10-16-37(38)33-14-8-5-9-15-33/h4-16,23-28,34H,3,17-22H2,1-2H3. The number of benzene rings is 4. The molecule has 40 heavy (non-hydrogen) atoms. The molecule has 4 aromatic carbocycles. The fourth-order valence-electron chi connectivity index (χ4n) is 6.05. The van der Waals surface area contributed by atoms with Crippen molar-refractivity contribution in [3.8, 4) is 11.1 Å². The summed E-state index contributed by atoms with van der Waals surface area (Å²) in [4.78, 5) is 13.1. The lowest BCUT2D eigenvalue weighted by Crippen LogP contribution is -2.20. The summed E-state index contributed by atoms with van der Waals surface area (Å²) in [6.45, 7) is 8.98. The third kappa shape index (κ3) is 6.59. The molecule has 1 heteroatoms. The molecule has 0 atom stereocenters. The maximum Gasteiger partial charge on any atom is 0.165 e. The van der Waals surface area contributed by atoms with Crippen LogP contribution in [0.15, 0.2) is 116 Å². The van der Waals surface area contributed by atoms with E-state index in [0.717, 1.165) is 61.1 Å². The molecule has 1 fully saturated rings. The SMILES string of the molecule is C=C(C=C(CCc1ccccc1)c1c(C)cccc1-c1ccccc1)c1ccc(C(=O)C2CCC(C)CC2)cc1. The summed E-state index contributed by atoms with van der Waals surface area (Å²) >= 11 is 0. The number of rotatable bonds is 9. The number of hydrogen-bond acceptors (Lipinski definition) is 1. The second-order valence-electron chi connectivity index (χ2n) is 11.4. The summed E-state index contributed by atoms with van der Waals surface area (Å²) in [6.07, 6.45) is 8.47. The molecule has 0 bridgehead atoms. The predicted octanol–water partition coefficient (Wildman–Crippen LogP) is 10.4. The topological polar surface area (TPSA) is 17.1 Å². The van der Waals surface area contributed by atoms with Crippen LogP contribution in [0.5, 0.6) is 0 Å². The van der Waals surface area contributed by atoms with E-state index in [1.54, 1.807) is 0 Å². The average molecular weight is 525 g/mol. The van der Waals surface area contributed by atoms with Crippen molar-refractivity contribution in [1.29, 1.82) is 0 Å². The van der Waals surface area contributed by atoms with Crippen molar-refractivity contribution in [3.05, 3.63) is 144 Å². The van der Waals surface area contributed by atoms with Gasteiger partial charge in [-0.3, -0.25) is 4.79 Å². The van der Waals surface area contributed by atoms with Crippen LogP contribution in [0.25, 0.3) is 22.3 Å². The van der Waals surface area contributed by atoms with Crippen molar-refractivity contribution in [2.75, 3.05) is 0 Å². The molecule has 0 aliphatic heterocycles. The fourth-order valence-corrected chi connectivity index (χ4v) is 6.05. The van der Waals surface area contributed by atoms with E-state index in [9.17, 15) is 4.79 Å². The molecule has 0 spiro atoms. The van der Waals surface area contributed by atoms with E-state index in [4.69, 9.17) is 0 Å². The van der Waals surface area contributed by atoms with E-state index in [1.165, 1.54) is 33.4 Å². The zero-order chi connectivity index (χ0) is 27.9. The number of carbonyl (C=O) groups excluding carboxylic acids is 1. The molecule has 1 aliphatic rings. The van der Waals surface area contributed by atoms with Gasteiger partial charge in [-0.05, 0) is 83.1 Å². The molecule has 202 valence electrons. The molecule has 0 saturated heterocycles. The van der Waals surface area contributed by atoms with Crippen molar-refractivity contribution in [2.24, 2.45) is 11.8 Å². The number of hydrogen-bond donors (Lipinski definition) is 0. The van der Waals surface area contributed by atoms with Gasteiger partial charge in [-0.25, -0.2) is 0 Å². The van der Waals surface area contributed by atoms with Crippen LogP contribution in [-0.4, -0.2) is 5.78 Å². The van der Waals surface area contributed by atoms with Gasteiger partial charge in [0.1, 0.15) is 0 Å². The molecule has 1 saturated carbocycles. The molecule has 0 unspecified atom stereocenters. The van der Waals surface area contributed by atoms with Crippen LogP contribution in [0.3, 0.4) is 0 Å². The molecule has 0 N–H and O–H groups in total. The maximum atomic E-state index is 13.1. The lowest BCUT2D eigenvalue weighted by atomic mass is 9.79. The monoisotopic (exact) mass is 524 g/mol. The van der Waals surface area contributed by atoms with Crippen LogP contribution in [0.2, 0.25) is 0 Å². The number of aryl methyl sites for hydroxylation is 2.